The van der Waals surface area contributed by atoms with Gasteiger partial charge in [-0.3, -0.25) is 9.69 Å². The van der Waals surface area contributed by atoms with Crippen LogP contribution in [0.2, 0.25) is 0 Å². The highest BCUT2D eigenvalue weighted by Crippen LogP contribution is 2.21. The van der Waals surface area contributed by atoms with Crippen molar-refractivity contribution in [3.8, 4) is 5.75 Å². The summed E-state index contributed by atoms with van der Waals surface area (Å²) in [5.41, 5.74) is 2.50. The first-order valence-electron chi connectivity index (χ1n) is 8.36. The van der Waals surface area contributed by atoms with E-state index in [0.29, 0.717) is 12.3 Å². The molecule has 1 fully saturated rings. The van der Waals surface area contributed by atoms with Gasteiger partial charge in [-0.25, -0.2) is 0 Å². The maximum Gasteiger partial charge on any atom is 0.227 e. The Hall–Kier alpha value is -2.27. The lowest BCUT2D eigenvalue weighted by atomic mass is 10.2. The van der Waals surface area contributed by atoms with E-state index in [9.17, 15) is 4.79 Å². The molecule has 0 bridgehead atoms. The number of nitrogens with zero attached hydrogens (tertiary/aromatic N) is 2. The second-order valence-electron chi connectivity index (χ2n) is 6.18. The molecule has 0 amide bonds. The van der Waals surface area contributed by atoms with Crippen molar-refractivity contribution in [2.24, 2.45) is 0 Å². The predicted molar refractivity (Wildman–Crippen MR) is 94.8 cm³/mol. The Kier molecular flexibility index (Phi) is 5.20. The van der Waals surface area contributed by atoms with Crippen LogP contribution in [0, 0.1) is 6.92 Å². The van der Waals surface area contributed by atoms with Crippen LogP contribution in [0.1, 0.15) is 17.7 Å². The fraction of sp³-hybridized carbons (Fsp3) is 0.421. The molecule has 1 aliphatic heterocycles. The molecular weight excluding hydrogens is 304 g/mol. The van der Waals surface area contributed by atoms with Crippen LogP contribution < -0.4 is 15.1 Å². The number of para-hydroxylation sites is 1. The summed E-state index contributed by atoms with van der Waals surface area (Å²) in [6.45, 7) is 6.78. The van der Waals surface area contributed by atoms with Crippen molar-refractivity contribution >= 4 is 5.69 Å². The van der Waals surface area contributed by atoms with Gasteiger partial charge < -0.3 is 14.1 Å². The standard InChI is InChI=1S/C19H24N2O3/c1-15-6-3-4-7-17(15)21-9-5-8-20(10-11-21)13-16-12-18(22)19(23-2)14-24-16/h3-4,6-7,12,14H,5,8-11,13H2,1-2H3. The van der Waals surface area contributed by atoms with Gasteiger partial charge in [-0.2, -0.15) is 0 Å². The van der Waals surface area contributed by atoms with Crippen molar-refractivity contribution in [2.45, 2.75) is 19.9 Å². The molecule has 0 atom stereocenters. The van der Waals surface area contributed by atoms with Gasteiger partial charge in [-0.15, -0.1) is 0 Å². The monoisotopic (exact) mass is 328 g/mol. The molecule has 1 aromatic heterocycles. The number of hydrogen-bond acceptors (Lipinski definition) is 5. The minimum Gasteiger partial charge on any atom is -0.490 e. The summed E-state index contributed by atoms with van der Waals surface area (Å²) < 4.78 is 10.5. The normalized spacial score (nSPS) is 16.0. The summed E-state index contributed by atoms with van der Waals surface area (Å²) in [5, 5.41) is 0. The average molecular weight is 328 g/mol. The zero-order valence-electron chi connectivity index (χ0n) is 14.3. The molecule has 24 heavy (non-hydrogen) atoms. The van der Waals surface area contributed by atoms with Crippen LogP contribution >= 0.6 is 0 Å². The number of rotatable bonds is 4. The summed E-state index contributed by atoms with van der Waals surface area (Å²) >= 11 is 0. The molecule has 128 valence electrons. The quantitative estimate of drug-likeness (QED) is 0.863. The predicted octanol–water partition coefficient (Wildman–Crippen LogP) is 2.67. The summed E-state index contributed by atoms with van der Waals surface area (Å²) in [5.74, 6) is 0.936. The molecule has 0 radical (unpaired) electrons. The van der Waals surface area contributed by atoms with Crippen LogP contribution in [0.15, 0.2) is 45.8 Å². The van der Waals surface area contributed by atoms with Gasteiger partial charge in [0, 0.05) is 37.9 Å². The zero-order valence-corrected chi connectivity index (χ0v) is 14.3. The van der Waals surface area contributed by atoms with Crippen molar-refractivity contribution in [3.05, 3.63) is 58.1 Å². The molecule has 2 aromatic rings. The number of ether oxygens (including phenoxy) is 1. The van der Waals surface area contributed by atoms with E-state index in [4.69, 9.17) is 9.15 Å². The van der Waals surface area contributed by atoms with E-state index in [1.165, 1.54) is 30.7 Å². The van der Waals surface area contributed by atoms with Gasteiger partial charge in [0.05, 0.1) is 13.7 Å². The van der Waals surface area contributed by atoms with Crippen molar-refractivity contribution in [1.29, 1.82) is 0 Å². The largest absolute Gasteiger partial charge is 0.490 e. The molecule has 1 aromatic carbocycles. The third-order valence-corrected chi connectivity index (χ3v) is 4.50. The molecule has 1 saturated heterocycles. The summed E-state index contributed by atoms with van der Waals surface area (Å²) in [7, 11) is 1.47. The first-order chi connectivity index (χ1) is 11.7. The van der Waals surface area contributed by atoms with E-state index < -0.39 is 0 Å². The van der Waals surface area contributed by atoms with E-state index in [1.807, 2.05) is 0 Å². The van der Waals surface area contributed by atoms with Gasteiger partial charge in [-0.05, 0) is 25.0 Å². The Bertz CT molecular complexity index is 741. The van der Waals surface area contributed by atoms with Crippen LogP contribution in [0.3, 0.4) is 0 Å². The van der Waals surface area contributed by atoms with Gasteiger partial charge in [0.25, 0.3) is 0 Å². The maximum atomic E-state index is 11.8. The molecule has 1 aliphatic rings. The molecular formula is C19H24N2O3. The van der Waals surface area contributed by atoms with E-state index in [0.717, 1.165) is 32.6 Å². The number of anilines is 1. The zero-order chi connectivity index (χ0) is 16.9. The second kappa shape index (κ2) is 7.53. The minimum absolute atomic E-state index is 0.130. The Balaban J connectivity index is 1.64. The molecule has 0 spiro atoms. The van der Waals surface area contributed by atoms with Crippen LogP contribution in [0.5, 0.6) is 5.75 Å². The van der Waals surface area contributed by atoms with Crippen molar-refractivity contribution in [3.63, 3.8) is 0 Å². The fourth-order valence-electron chi connectivity index (χ4n) is 3.18. The average Bonchev–Trinajstić information content (AvgIpc) is 2.81. The number of aryl methyl sites for hydroxylation is 1. The molecule has 3 rings (SSSR count). The SMILES string of the molecule is COc1coc(CN2CCCN(c3ccccc3C)CC2)cc1=O. The van der Waals surface area contributed by atoms with Gasteiger partial charge in [0.1, 0.15) is 12.0 Å². The van der Waals surface area contributed by atoms with Crippen LogP contribution in [-0.4, -0.2) is 38.2 Å². The van der Waals surface area contributed by atoms with E-state index in [1.54, 1.807) is 0 Å². The van der Waals surface area contributed by atoms with Crippen LogP contribution in [0.4, 0.5) is 5.69 Å². The van der Waals surface area contributed by atoms with Gasteiger partial charge in [0.15, 0.2) is 0 Å². The maximum absolute atomic E-state index is 11.8. The fourth-order valence-corrected chi connectivity index (χ4v) is 3.18. The van der Waals surface area contributed by atoms with Crippen molar-refractivity contribution < 1.29 is 9.15 Å². The molecule has 0 unspecified atom stereocenters. The summed E-state index contributed by atoms with van der Waals surface area (Å²) in [4.78, 5) is 16.6. The summed E-state index contributed by atoms with van der Waals surface area (Å²) in [6, 6.07) is 10.0. The summed E-state index contributed by atoms with van der Waals surface area (Å²) in [6.07, 6.45) is 2.49. The Labute approximate surface area is 142 Å². The van der Waals surface area contributed by atoms with Gasteiger partial charge in [0.2, 0.25) is 11.2 Å². The number of benzene rings is 1. The number of hydrogen-bond donors (Lipinski definition) is 0. The van der Waals surface area contributed by atoms with Crippen molar-refractivity contribution in [1.82, 2.24) is 4.90 Å². The highest BCUT2D eigenvalue weighted by molar-refractivity contribution is 5.53. The highest BCUT2D eigenvalue weighted by Gasteiger charge is 2.17. The minimum atomic E-state index is -0.130. The molecule has 2 heterocycles. The Morgan fingerprint density at radius 1 is 1.17 bits per heavy atom. The van der Waals surface area contributed by atoms with Crippen LogP contribution in [0.25, 0.3) is 0 Å². The molecule has 0 aliphatic carbocycles. The van der Waals surface area contributed by atoms with Crippen molar-refractivity contribution in [2.75, 3.05) is 38.2 Å². The highest BCUT2D eigenvalue weighted by atomic mass is 16.5. The molecule has 0 saturated carbocycles. The first kappa shape index (κ1) is 16.6. The molecule has 5 nitrogen and oxygen atoms in total. The van der Waals surface area contributed by atoms with Crippen LogP contribution in [-0.2, 0) is 6.54 Å². The number of methoxy groups -OCH3 is 1. The lowest BCUT2D eigenvalue weighted by Gasteiger charge is -2.25. The second-order valence-corrected chi connectivity index (χ2v) is 6.18. The lowest BCUT2D eigenvalue weighted by Crippen LogP contribution is -2.31. The van der Waals surface area contributed by atoms with E-state index in [-0.39, 0.29) is 11.2 Å². The lowest BCUT2D eigenvalue weighted by molar-refractivity contribution is 0.255. The topological polar surface area (TPSA) is 45.9 Å². The van der Waals surface area contributed by atoms with E-state index >= 15 is 0 Å². The Morgan fingerprint density at radius 3 is 2.75 bits per heavy atom. The smallest absolute Gasteiger partial charge is 0.227 e. The first-order valence-corrected chi connectivity index (χ1v) is 8.36. The third kappa shape index (κ3) is 3.79. The van der Waals surface area contributed by atoms with Gasteiger partial charge >= 0.3 is 0 Å². The molecule has 0 N–H and O–H groups in total. The van der Waals surface area contributed by atoms with E-state index in [2.05, 4.69) is 41.0 Å². The van der Waals surface area contributed by atoms with Gasteiger partial charge in [-0.1, -0.05) is 18.2 Å². The third-order valence-electron chi connectivity index (χ3n) is 4.50. The molecule has 5 heteroatoms. The Morgan fingerprint density at radius 2 is 2.00 bits per heavy atom.